The van der Waals surface area contributed by atoms with Gasteiger partial charge in [0.25, 0.3) is 0 Å². The van der Waals surface area contributed by atoms with Gasteiger partial charge in [0.2, 0.25) is 18.2 Å². The molecule has 222 valence electrons. The number of phenols is 1. The minimum absolute atomic E-state index is 0.0265. The first-order valence-electron chi connectivity index (χ1n) is 13.9. The number of carboxylic acid groups (broad SMARTS) is 1. The summed E-state index contributed by atoms with van der Waals surface area (Å²) in [5.74, 6) is -2.29. The molecule has 3 amide bonds. The maximum absolute atomic E-state index is 13.8. The number of hydrogen-bond donors (Lipinski definition) is 5. The molecule has 0 radical (unpaired) electrons. The van der Waals surface area contributed by atoms with Gasteiger partial charge in [0, 0.05) is 24.7 Å². The van der Waals surface area contributed by atoms with Crippen molar-refractivity contribution in [3.8, 4) is 5.75 Å². The molecule has 3 rings (SSSR count). The number of pyridine rings is 1. The number of rotatable bonds is 14. The van der Waals surface area contributed by atoms with Crippen molar-refractivity contribution in [3.05, 3.63) is 59.9 Å². The van der Waals surface area contributed by atoms with E-state index in [4.69, 9.17) is 0 Å². The van der Waals surface area contributed by atoms with E-state index in [0.717, 1.165) is 6.42 Å². The Kier molecular flexibility index (Phi) is 11.2. The van der Waals surface area contributed by atoms with Gasteiger partial charge in [0.15, 0.2) is 0 Å². The zero-order chi connectivity index (χ0) is 30.0. The van der Waals surface area contributed by atoms with Crippen LogP contribution in [-0.4, -0.2) is 75.1 Å². The Labute approximate surface area is 240 Å². The molecule has 11 heteroatoms. The van der Waals surface area contributed by atoms with Crippen molar-refractivity contribution in [1.82, 2.24) is 25.8 Å². The van der Waals surface area contributed by atoms with Gasteiger partial charge in [-0.2, -0.15) is 0 Å². The lowest BCUT2D eigenvalue weighted by atomic mass is 9.88. The zero-order valence-electron chi connectivity index (χ0n) is 23.9. The molecule has 0 spiro atoms. The fourth-order valence-corrected chi connectivity index (χ4v) is 4.79. The molecule has 11 nitrogen and oxygen atoms in total. The predicted octanol–water partition coefficient (Wildman–Crippen LogP) is 1.99. The topological polar surface area (TPSA) is 161 Å². The third kappa shape index (κ3) is 9.86. The molecule has 0 aliphatic carbocycles. The molecule has 0 bridgehead atoms. The predicted molar refractivity (Wildman–Crippen MR) is 153 cm³/mol. The molecule has 1 aromatic carbocycles. The average Bonchev–Trinajstić information content (AvgIpc) is 3.46. The number of carbonyl (C=O) groups excluding carboxylic acids is 3. The molecular formula is C30H41N5O6. The highest BCUT2D eigenvalue weighted by Gasteiger charge is 2.35. The lowest BCUT2D eigenvalue weighted by Crippen LogP contribution is -2.59. The monoisotopic (exact) mass is 567 g/mol. The molecular weight excluding hydrogens is 526 g/mol. The van der Waals surface area contributed by atoms with Crippen LogP contribution in [0.15, 0.2) is 48.7 Å². The minimum atomic E-state index is -1.16. The van der Waals surface area contributed by atoms with E-state index in [1.165, 1.54) is 17.0 Å². The molecule has 1 aromatic heterocycles. The number of nitrogens with zero attached hydrogens (tertiary/aromatic N) is 2. The summed E-state index contributed by atoms with van der Waals surface area (Å²) in [4.78, 5) is 57.3. The first-order chi connectivity index (χ1) is 19.5. The number of aromatic nitrogens is 1. The van der Waals surface area contributed by atoms with Crippen LogP contribution in [0.5, 0.6) is 5.75 Å². The highest BCUT2D eigenvalue weighted by Crippen LogP contribution is 2.22. The Balaban J connectivity index is 1.87. The van der Waals surface area contributed by atoms with Crippen molar-refractivity contribution in [2.24, 2.45) is 5.41 Å². The Morgan fingerprint density at radius 3 is 2.34 bits per heavy atom. The first kappa shape index (κ1) is 31.5. The van der Waals surface area contributed by atoms with E-state index >= 15 is 0 Å². The quantitative estimate of drug-likeness (QED) is 0.217. The van der Waals surface area contributed by atoms with E-state index in [-0.39, 0.29) is 36.6 Å². The molecule has 1 aliphatic heterocycles. The van der Waals surface area contributed by atoms with Crippen molar-refractivity contribution in [3.63, 3.8) is 0 Å². The number of carbonyl (C=O) groups is 4. The SMILES string of the molecule is CC(C)(C)CC[C@H](NC(=O)[C@H](Cc1ccccn1)NC(=O)[C@H](Cc1ccc(O)cc1)N(C=O)[C@H]1CCCN1)C(=O)O. The second kappa shape index (κ2) is 14.6. The molecule has 4 atom stereocenters. The molecule has 1 fully saturated rings. The first-order valence-corrected chi connectivity index (χ1v) is 13.9. The molecule has 1 aliphatic rings. The van der Waals surface area contributed by atoms with Gasteiger partial charge in [-0.25, -0.2) is 4.79 Å². The number of nitrogens with one attached hydrogen (secondary N) is 3. The maximum Gasteiger partial charge on any atom is 0.326 e. The normalized spacial score (nSPS) is 17.2. The van der Waals surface area contributed by atoms with Gasteiger partial charge in [0.1, 0.15) is 23.9 Å². The fraction of sp³-hybridized carbons (Fsp3) is 0.500. The zero-order valence-corrected chi connectivity index (χ0v) is 23.9. The second-order valence-electron chi connectivity index (χ2n) is 11.6. The summed E-state index contributed by atoms with van der Waals surface area (Å²) in [5.41, 5.74) is 1.12. The van der Waals surface area contributed by atoms with Gasteiger partial charge >= 0.3 is 5.97 Å². The van der Waals surface area contributed by atoms with Gasteiger partial charge in [-0.15, -0.1) is 0 Å². The number of aromatic hydroxyl groups is 1. The van der Waals surface area contributed by atoms with Crippen molar-refractivity contribution >= 4 is 24.2 Å². The highest BCUT2D eigenvalue weighted by atomic mass is 16.4. The van der Waals surface area contributed by atoms with Gasteiger partial charge in [-0.05, 0) is 67.5 Å². The molecule has 0 saturated carbocycles. The van der Waals surface area contributed by atoms with Gasteiger partial charge in [-0.3, -0.25) is 24.7 Å². The van der Waals surface area contributed by atoms with Crippen molar-refractivity contribution < 1.29 is 29.4 Å². The molecule has 41 heavy (non-hydrogen) atoms. The van der Waals surface area contributed by atoms with Crippen LogP contribution < -0.4 is 16.0 Å². The summed E-state index contributed by atoms with van der Waals surface area (Å²) in [6.45, 7) is 6.68. The Morgan fingerprint density at radius 2 is 1.78 bits per heavy atom. The van der Waals surface area contributed by atoms with E-state index in [9.17, 15) is 29.4 Å². The van der Waals surface area contributed by atoms with Gasteiger partial charge in [-0.1, -0.05) is 39.0 Å². The van der Waals surface area contributed by atoms with Crippen LogP contribution in [0.2, 0.25) is 0 Å². The molecule has 0 unspecified atom stereocenters. The van der Waals surface area contributed by atoms with E-state index < -0.39 is 35.9 Å². The van der Waals surface area contributed by atoms with Crippen LogP contribution in [0.1, 0.15) is 57.7 Å². The number of amides is 3. The van der Waals surface area contributed by atoms with Crippen molar-refractivity contribution in [2.45, 2.75) is 83.6 Å². The van der Waals surface area contributed by atoms with Crippen molar-refractivity contribution in [2.75, 3.05) is 6.54 Å². The molecule has 2 heterocycles. The Hall–Kier alpha value is -3.99. The van der Waals surface area contributed by atoms with Crippen LogP contribution in [0.3, 0.4) is 0 Å². The highest BCUT2D eigenvalue weighted by molar-refractivity contribution is 5.92. The van der Waals surface area contributed by atoms with Crippen LogP contribution >= 0.6 is 0 Å². The van der Waals surface area contributed by atoms with Crippen LogP contribution in [-0.2, 0) is 32.0 Å². The van der Waals surface area contributed by atoms with Crippen LogP contribution in [0.4, 0.5) is 0 Å². The summed E-state index contributed by atoms with van der Waals surface area (Å²) in [7, 11) is 0. The summed E-state index contributed by atoms with van der Waals surface area (Å²) in [5, 5.41) is 28.1. The molecule has 5 N–H and O–H groups in total. The Bertz CT molecular complexity index is 1160. The Morgan fingerprint density at radius 1 is 1.07 bits per heavy atom. The maximum atomic E-state index is 13.8. The summed E-state index contributed by atoms with van der Waals surface area (Å²) < 4.78 is 0. The lowest BCUT2D eigenvalue weighted by molar-refractivity contribution is -0.143. The van der Waals surface area contributed by atoms with E-state index in [2.05, 4.69) is 20.9 Å². The van der Waals surface area contributed by atoms with Crippen molar-refractivity contribution in [1.29, 1.82) is 0 Å². The fourth-order valence-electron chi connectivity index (χ4n) is 4.79. The number of hydrogen-bond acceptors (Lipinski definition) is 7. The van der Waals surface area contributed by atoms with Gasteiger partial charge in [0.05, 0.1) is 6.17 Å². The molecule has 1 saturated heterocycles. The number of aliphatic carboxylic acids is 1. The summed E-state index contributed by atoms with van der Waals surface area (Å²) in [6, 6.07) is 8.32. The minimum Gasteiger partial charge on any atom is -0.508 e. The van der Waals surface area contributed by atoms with E-state index in [1.807, 2.05) is 20.8 Å². The van der Waals surface area contributed by atoms with Crippen LogP contribution in [0.25, 0.3) is 0 Å². The lowest BCUT2D eigenvalue weighted by Gasteiger charge is -2.33. The van der Waals surface area contributed by atoms with E-state index in [1.54, 1.807) is 36.5 Å². The third-order valence-electron chi connectivity index (χ3n) is 7.11. The number of benzene rings is 1. The van der Waals surface area contributed by atoms with Crippen LogP contribution in [0, 0.1) is 5.41 Å². The number of phenolic OH excluding ortho intramolecular Hbond substituents is 1. The second-order valence-corrected chi connectivity index (χ2v) is 11.6. The molecule has 2 aromatic rings. The largest absolute Gasteiger partial charge is 0.508 e. The number of carboxylic acids is 1. The van der Waals surface area contributed by atoms with Gasteiger partial charge < -0.3 is 25.7 Å². The third-order valence-corrected chi connectivity index (χ3v) is 7.11. The average molecular weight is 568 g/mol. The summed E-state index contributed by atoms with van der Waals surface area (Å²) >= 11 is 0. The smallest absolute Gasteiger partial charge is 0.326 e. The van der Waals surface area contributed by atoms with E-state index in [0.29, 0.717) is 37.1 Å². The standard InChI is InChI=1S/C30H41N5O6/c1-30(2,3)14-13-23(29(40)41)33-27(38)24(18-21-7-4-5-15-31-21)34-28(39)25(17-20-9-11-22(37)12-10-20)35(19-36)26-8-6-16-32-26/h4-5,7,9-12,15,19,23-26,32,37H,6,8,13-14,16-18H2,1-3H3,(H,33,38)(H,34,39)(H,40,41)/t23-,24-,25-,26-/m0/s1. The summed E-state index contributed by atoms with van der Waals surface area (Å²) in [6.07, 6.45) is 4.34.